The quantitative estimate of drug-likeness (QED) is 0.923. The second-order valence-electron chi connectivity index (χ2n) is 5.15. The maximum Gasteiger partial charge on any atom is 0.326 e. The Balaban J connectivity index is 2.20. The molecule has 6 heteroatoms. The molecule has 2 amide bonds. The minimum atomic E-state index is -0.948. The molecule has 0 aliphatic carbocycles. The van der Waals surface area contributed by atoms with Gasteiger partial charge in [-0.3, -0.25) is 0 Å². The van der Waals surface area contributed by atoms with Crippen molar-refractivity contribution in [1.29, 1.82) is 0 Å². The van der Waals surface area contributed by atoms with Crippen molar-refractivity contribution in [3.63, 3.8) is 0 Å². The first-order valence-corrected chi connectivity index (χ1v) is 8.24. The molecule has 2 rings (SSSR count). The minimum absolute atomic E-state index is 0.217. The molecular formula is C15H20N2O3S. The summed E-state index contributed by atoms with van der Waals surface area (Å²) < 4.78 is 0. The van der Waals surface area contributed by atoms with Gasteiger partial charge in [-0.1, -0.05) is 24.3 Å². The SMILES string of the molecule is CSCCN(C)C(=O)N1Cc2ccccc2CC1C(=O)O. The Hall–Kier alpha value is -1.69. The number of amides is 2. The predicted molar refractivity (Wildman–Crippen MR) is 83.5 cm³/mol. The van der Waals surface area contributed by atoms with Gasteiger partial charge in [0, 0.05) is 32.3 Å². The van der Waals surface area contributed by atoms with Crippen LogP contribution in [0.1, 0.15) is 11.1 Å². The van der Waals surface area contributed by atoms with Crippen LogP contribution in [0.5, 0.6) is 0 Å². The number of benzene rings is 1. The van der Waals surface area contributed by atoms with Gasteiger partial charge in [-0.15, -0.1) is 0 Å². The van der Waals surface area contributed by atoms with Crippen LogP contribution in [0.2, 0.25) is 0 Å². The van der Waals surface area contributed by atoms with Crippen molar-refractivity contribution in [2.24, 2.45) is 0 Å². The molecule has 0 radical (unpaired) electrons. The van der Waals surface area contributed by atoms with E-state index in [0.29, 0.717) is 19.5 Å². The van der Waals surface area contributed by atoms with Gasteiger partial charge in [-0.2, -0.15) is 11.8 Å². The van der Waals surface area contributed by atoms with Gasteiger partial charge in [0.15, 0.2) is 0 Å². The Bertz CT molecular complexity index is 535. The van der Waals surface area contributed by atoms with Crippen LogP contribution in [0.25, 0.3) is 0 Å². The molecule has 1 heterocycles. The Morgan fingerprint density at radius 1 is 1.38 bits per heavy atom. The molecule has 1 N–H and O–H groups in total. The van der Waals surface area contributed by atoms with Crippen LogP contribution in [0, 0.1) is 0 Å². The van der Waals surface area contributed by atoms with E-state index in [2.05, 4.69) is 0 Å². The zero-order chi connectivity index (χ0) is 15.4. The highest BCUT2D eigenvalue weighted by Gasteiger charge is 2.35. The molecule has 1 atom stereocenters. The lowest BCUT2D eigenvalue weighted by atomic mass is 9.94. The van der Waals surface area contributed by atoms with Crippen molar-refractivity contribution in [3.05, 3.63) is 35.4 Å². The molecule has 1 aliphatic heterocycles. The molecule has 114 valence electrons. The van der Waals surface area contributed by atoms with E-state index in [9.17, 15) is 14.7 Å². The van der Waals surface area contributed by atoms with E-state index >= 15 is 0 Å². The summed E-state index contributed by atoms with van der Waals surface area (Å²) in [6, 6.07) is 6.70. The molecule has 1 aliphatic rings. The van der Waals surface area contributed by atoms with Crippen molar-refractivity contribution in [2.45, 2.75) is 19.0 Å². The van der Waals surface area contributed by atoms with Gasteiger partial charge in [0.1, 0.15) is 6.04 Å². The van der Waals surface area contributed by atoms with E-state index < -0.39 is 12.0 Å². The molecule has 0 saturated heterocycles. The van der Waals surface area contributed by atoms with Crippen molar-refractivity contribution in [1.82, 2.24) is 9.80 Å². The van der Waals surface area contributed by atoms with Crippen molar-refractivity contribution >= 4 is 23.8 Å². The number of carbonyl (C=O) groups excluding carboxylic acids is 1. The largest absolute Gasteiger partial charge is 0.480 e. The fraction of sp³-hybridized carbons (Fsp3) is 0.467. The van der Waals surface area contributed by atoms with Gasteiger partial charge < -0.3 is 14.9 Å². The smallest absolute Gasteiger partial charge is 0.326 e. The number of carboxylic acid groups (broad SMARTS) is 1. The Morgan fingerprint density at radius 2 is 2.05 bits per heavy atom. The van der Waals surface area contributed by atoms with Crippen LogP contribution in [0.4, 0.5) is 4.79 Å². The summed E-state index contributed by atoms with van der Waals surface area (Å²) in [5.41, 5.74) is 2.04. The molecule has 0 spiro atoms. The summed E-state index contributed by atoms with van der Waals surface area (Å²) in [6.45, 7) is 0.972. The third-order valence-corrected chi connectivity index (χ3v) is 4.33. The Kier molecular flexibility index (Phi) is 5.12. The summed E-state index contributed by atoms with van der Waals surface area (Å²) in [5.74, 6) is -0.110. The molecule has 0 aromatic heterocycles. The van der Waals surface area contributed by atoms with Crippen molar-refractivity contribution in [2.75, 3.05) is 25.6 Å². The van der Waals surface area contributed by atoms with Gasteiger partial charge >= 0.3 is 12.0 Å². The van der Waals surface area contributed by atoms with E-state index in [-0.39, 0.29) is 6.03 Å². The van der Waals surface area contributed by atoms with Crippen molar-refractivity contribution < 1.29 is 14.7 Å². The minimum Gasteiger partial charge on any atom is -0.480 e. The van der Waals surface area contributed by atoms with E-state index in [1.807, 2.05) is 30.5 Å². The van der Waals surface area contributed by atoms with Gasteiger partial charge in [0.05, 0.1) is 0 Å². The first kappa shape index (κ1) is 15.7. The molecule has 0 bridgehead atoms. The lowest BCUT2D eigenvalue weighted by Crippen LogP contribution is -2.52. The van der Waals surface area contributed by atoms with Crippen LogP contribution < -0.4 is 0 Å². The molecule has 0 fully saturated rings. The van der Waals surface area contributed by atoms with Crippen LogP contribution in [0.3, 0.4) is 0 Å². The highest BCUT2D eigenvalue weighted by molar-refractivity contribution is 7.98. The molecule has 1 unspecified atom stereocenters. The third-order valence-electron chi connectivity index (χ3n) is 3.74. The molecule has 0 saturated carbocycles. The number of hydrogen-bond donors (Lipinski definition) is 1. The van der Waals surface area contributed by atoms with Crippen LogP contribution in [0.15, 0.2) is 24.3 Å². The number of thioether (sulfide) groups is 1. The van der Waals surface area contributed by atoms with E-state index in [4.69, 9.17) is 0 Å². The highest BCUT2D eigenvalue weighted by atomic mass is 32.2. The predicted octanol–water partition coefficient (Wildman–Crippen LogP) is 1.91. The topological polar surface area (TPSA) is 60.9 Å². The standard InChI is InChI=1S/C15H20N2O3S/c1-16(7-8-21-2)15(20)17-10-12-6-4-3-5-11(12)9-13(17)14(18)19/h3-6,13H,7-10H2,1-2H3,(H,18,19). The third kappa shape index (κ3) is 3.50. The molecule has 1 aromatic carbocycles. The lowest BCUT2D eigenvalue weighted by Gasteiger charge is -2.36. The number of rotatable bonds is 4. The normalized spacial score (nSPS) is 17.2. The number of carboxylic acids is 1. The summed E-state index contributed by atoms with van der Waals surface area (Å²) in [7, 11) is 1.72. The zero-order valence-electron chi connectivity index (χ0n) is 12.3. The summed E-state index contributed by atoms with van der Waals surface area (Å²) in [6.07, 6.45) is 2.35. The van der Waals surface area contributed by atoms with Gasteiger partial charge in [-0.05, 0) is 17.4 Å². The van der Waals surface area contributed by atoms with Gasteiger partial charge in [0.2, 0.25) is 0 Å². The van der Waals surface area contributed by atoms with Crippen LogP contribution >= 0.6 is 11.8 Å². The number of urea groups is 1. The van der Waals surface area contributed by atoms with Crippen molar-refractivity contribution in [3.8, 4) is 0 Å². The highest BCUT2D eigenvalue weighted by Crippen LogP contribution is 2.24. The first-order valence-electron chi connectivity index (χ1n) is 6.85. The number of nitrogens with zero attached hydrogens (tertiary/aromatic N) is 2. The summed E-state index contributed by atoms with van der Waals surface area (Å²) >= 11 is 1.66. The zero-order valence-corrected chi connectivity index (χ0v) is 13.1. The number of aliphatic carboxylic acids is 1. The Morgan fingerprint density at radius 3 is 2.67 bits per heavy atom. The van der Waals surface area contributed by atoms with Gasteiger partial charge in [0.25, 0.3) is 0 Å². The number of fused-ring (bicyclic) bond motifs is 1. The van der Waals surface area contributed by atoms with Crippen LogP contribution in [-0.4, -0.2) is 58.5 Å². The average molecular weight is 308 g/mol. The molecule has 5 nitrogen and oxygen atoms in total. The van der Waals surface area contributed by atoms with E-state index in [1.54, 1.807) is 23.7 Å². The molecular weight excluding hydrogens is 288 g/mol. The summed E-state index contributed by atoms with van der Waals surface area (Å²) in [5, 5.41) is 9.42. The second-order valence-corrected chi connectivity index (χ2v) is 6.14. The van der Waals surface area contributed by atoms with Gasteiger partial charge in [-0.25, -0.2) is 9.59 Å². The fourth-order valence-corrected chi connectivity index (χ4v) is 2.94. The van der Waals surface area contributed by atoms with E-state index in [0.717, 1.165) is 16.9 Å². The van der Waals surface area contributed by atoms with Crippen LogP contribution in [-0.2, 0) is 17.8 Å². The van der Waals surface area contributed by atoms with E-state index in [1.165, 1.54) is 4.90 Å². The number of carbonyl (C=O) groups is 2. The maximum absolute atomic E-state index is 12.5. The summed E-state index contributed by atoms with van der Waals surface area (Å²) in [4.78, 5) is 27.1. The first-order chi connectivity index (χ1) is 10.0. The molecule has 21 heavy (non-hydrogen) atoms. The second kappa shape index (κ2) is 6.85. The maximum atomic E-state index is 12.5. The fourth-order valence-electron chi connectivity index (χ4n) is 2.49. The average Bonchev–Trinajstić information content (AvgIpc) is 2.50. The monoisotopic (exact) mass is 308 g/mol. The number of hydrogen-bond acceptors (Lipinski definition) is 3. The lowest BCUT2D eigenvalue weighted by molar-refractivity contribution is -0.142. The molecule has 1 aromatic rings. The Labute approximate surface area is 128 Å².